The Balaban J connectivity index is 2.83. The lowest BCUT2D eigenvalue weighted by atomic mass is 10.1. The molecule has 0 aliphatic heterocycles. The number of halogens is 4. The van der Waals surface area contributed by atoms with Crippen molar-refractivity contribution in [2.75, 3.05) is 18.5 Å². The predicted octanol–water partition coefficient (Wildman–Crippen LogP) is 3.23. The van der Waals surface area contributed by atoms with Gasteiger partial charge >= 0.3 is 6.18 Å². The molecule has 0 radical (unpaired) electrons. The average Bonchev–Trinajstić information content (AvgIpc) is 2.17. The third-order valence-corrected chi connectivity index (χ3v) is 2.79. The summed E-state index contributed by atoms with van der Waals surface area (Å²) < 4.78 is 36.8. The molecular weight excluding hydrogens is 265 g/mol. The molecule has 18 heavy (non-hydrogen) atoms. The Kier molecular flexibility index (Phi) is 4.87. The number of nitrogens with zero attached hydrogens (tertiary/aromatic N) is 1. The highest BCUT2D eigenvalue weighted by atomic mass is 35.5. The van der Waals surface area contributed by atoms with Crippen molar-refractivity contribution in [3.8, 4) is 0 Å². The van der Waals surface area contributed by atoms with Crippen LogP contribution in [0.15, 0.2) is 18.2 Å². The standard InChI is InChI=1S/C12H16ClF3N2/c1-8(17)5-9-3-4-10(6-11(9)13)18(2)7-12(14,15)16/h3-4,6,8H,5,7,17H2,1-2H3. The van der Waals surface area contributed by atoms with Crippen LogP contribution >= 0.6 is 11.6 Å². The lowest BCUT2D eigenvalue weighted by Crippen LogP contribution is -2.30. The zero-order valence-corrected chi connectivity index (χ0v) is 11.0. The monoisotopic (exact) mass is 280 g/mol. The minimum atomic E-state index is -4.23. The summed E-state index contributed by atoms with van der Waals surface area (Å²) in [6.45, 7) is 0.843. The molecule has 0 amide bonds. The summed E-state index contributed by atoms with van der Waals surface area (Å²) in [5.74, 6) is 0. The Bertz CT molecular complexity index is 405. The molecule has 0 spiro atoms. The molecule has 0 saturated carbocycles. The number of nitrogens with two attached hydrogens (primary N) is 1. The molecule has 0 aliphatic carbocycles. The smallest absolute Gasteiger partial charge is 0.366 e. The Labute approximate surface area is 110 Å². The number of rotatable bonds is 4. The van der Waals surface area contributed by atoms with Crippen LogP contribution in [0.3, 0.4) is 0 Å². The highest BCUT2D eigenvalue weighted by molar-refractivity contribution is 6.31. The fourth-order valence-electron chi connectivity index (χ4n) is 1.65. The highest BCUT2D eigenvalue weighted by Crippen LogP contribution is 2.26. The van der Waals surface area contributed by atoms with Crippen molar-refractivity contribution in [3.63, 3.8) is 0 Å². The van der Waals surface area contributed by atoms with E-state index in [2.05, 4.69) is 0 Å². The summed E-state index contributed by atoms with van der Waals surface area (Å²) in [6, 6.07) is 4.83. The van der Waals surface area contributed by atoms with E-state index in [9.17, 15) is 13.2 Å². The third-order valence-electron chi connectivity index (χ3n) is 2.44. The first-order chi connectivity index (χ1) is 8.19. The molecule has 6 heteroatoms. The minimum Gasteiger partial charge on any atom is -0.366 e. The molecule has 0 fully saturated rings. The van der Waals surface area contributed by atoms with Crippen LogP contribution in [-0.4, -0.2) is 25.8 Å². The summed E-state index contributed by atoms with van der Waals surface area (Å²) >= 11 is 6.03. The van der Waals surface area contributed by atoms with Gasteiger partial charge in [-0.15, -0.1) is 0 Å². The second-order valence-electron chi connectivity index (χ2n) is 4.43. The first-order valence-electron chi connectivity index (χ1n) is 5.51. The number of hydrogen-bond acceptors (Lipinski definition) is 2. The van der Waals surface area contributed by atoms with Crippen LogP contribution in [0.2, 0.25) is 5.02 Å². The third kappa shape index (κ3) is 4.74. The minimum absolute atomic E-state index is 0.0405. The SMILES string of the molecule is CC(N)Cc1ccc(N(C)CC(F)(F)F)cc1Cl. The van der Waals surface area contributed by atoms with E-state index in [0.717, 1.165) is 10.5 Å². The highest BCUT2D eigenvalue weighted by Gasteiger charge is 2.29. The second kappa shape index (κ2) is 5.80. The summed E-state index contributed by atoms with van der Waals surface area (Å²) in [5, 5.41) is 0.443. The molecule has 1 aromatic carbocycles. The van der Waals surface area contributed by atoms with E-state index in [0.29, 0.717) is 17.1 Å². The topological polar surface area (TPSA) is 29.3 Å². The molecule has 102 valence electrons. The van der Waals surface area contributed by atoms with Crippen LogP contribution in [0.1, 0.15) is 12.5 Å². The van der Waals surface area contributed by atoms with Gasteiger partial charge in [0.1, 0.15) is 6.54 Å². The number of benzene rings is 1. The maximum absolute atomic E-state index is 12.3. The summed E-state index contributed by atoms with van der Waals surface area (Å²) in [6.07, 6.45) is -3.63. The Morgan fingerprint density at radius 1 is 1.39 bits per heavy atom. The molecule has 2 nitrogen and oxygen atoms in total. The van der Waals surface area contributed by atoms with Gasteiger partial charge in [0.25, 0.3) is 0 Å². The van der Waals surface area contributed by atoms with Crippen LogP contribution < -0.4 is 10.6 Å². The molecule has 0 aliphatic rings. The Morgan fingerprint density at radius 2 is 2.00 bits per heavy atom. The molecule has 0 heterocycles. The van der Waals surface area contributed by atoms with Crippen LogP contribution in [-0.2, 0) is 6.42 Å². The van der Waals surface area contributed by atoms with Gasteiger partial charge in [-0.3, -0.25) is 0 Å². The second-order valence-corrected chi connectivity index (χ2v) is 4.84. The van der Waals surface area contributed by atoms with Gasteiger partial charge in [-0.2, -0.15) is 13.2 Å². The molecule has 1 aromatic rings. The lowest BCUT2D eigenvalue weighted by molar-refractivity contribution is -0.119. The quantitative estimate of drug-likeness (QED) is 0.917. The van der Waals surface area contributed by atoms with Crippen molar-refractivity contribution >= 4 is 17.3 Å². The molecule has 1 rings (SSSR count). The van der Waals surface area contributed by atoms with Crippen molar-refractivity contribution in [1.29, 1.82) is 0 Å². The Hall–Kier alpha value is -0.940. The fraction of sp³-hybridized carbons (Fsp3) is 0.500. The predicted molar refractivity (Wildman–Crippen MR) is 68.1 cm³/mol. The maximum Gasteiger partial charge on any atom is 0.405 e. The van der Waals surface area contributed by atoms with Crippen LogP contribution in [0.5, 0.6) is 0 Å². The van der Waals surface area contributed by atoms with Gasteiger partial charge in [0, 0.05) is 23.8 Å². The first-order valence-corrected chi connectivity index (χ1v) is 5.89. The fourth-order valence-corrected chi connectivity index (χ4v) is 1.90. The first kappa shape index (κ1) is 15.1. The average molecular weight is 281 g/mol. The lowest BCUT2D eigenvalue weighted by Gasteiger charge is -2.21. The van der Waals surface area contributed by atoms with Crippen LogP contribution in [0, 0.1) is 0 Å². The number of hydrogen-bond donors (Lipinski definition) is 1. The van der Waals surface area contributed by atoms with Crippen LogP contribution in [0.4, 0.5) is 18.9 Å². The molecule has 0 bridgehead atoms. The van der Waals surface area contributed by atoms with E-state index >= 15 is 0 Å². The number of anilines is 1. The molecule has 0 aromatic heterocycles. The largest absolute Gasteiger partial charge is 0.405 e. The van der Waals surface area contributed by atoms with Gasteiger partial charge in [-0.1, -0.05) is 17.7 Å². The number of alkyl halides is 3. The van der Waals surface area contributed by atoms with Gasteiger partial charge in [0.05, 0.1) is 0 Å². The van der Waals surface area contributed by atoms with E-state index in [-0.39, 0.29) is 6.04 Å². The molecule has 0 saturated heterocycles. The zero-order chi connectivity index (χ0) is 13.9. The van der Waals surface area contributed by atoms with Crippen molar-refractivity contribution in [1.82, 2.24) is 0 Å². The van der Waals surface area contributed by atoms with Gasteiger partial charge in [-0.25, -0.2) is 0 Å². The van der Waals surface area contributed by atoms with E-state index < -0.39 is 12.7 Å². The zero-order valence-electron chi connectivity index (χ0n) is 10.3. The van der Waals surface area contributed by atoms with Crippen molar-refractivity contribution in [2.45, 2.75) is 25.6 Å². The molecular formula is C12H16ClF3N2. The maximum atomic E-state index is 12.3. The van der Waals surface area contributed by atoms with E-state index in [1.165, 1.54) is 13.1 Å². The van der Waals surface area contributed by atoms with E-state index in [4.69, 9.17) is 17.3 Å². The van der Waals surface area contributed by atoms with E-state index in [1.807, 2.05) is 6.92 Å². The van der Waals surface area contributed by atoms with Gasteiger partial charge in [0.15, 0.2) is 0 Å². The summed E-state index contributed by atoms with van der Waals surface area (Å²) in [4.78, 5) is 1.11. The molecule has 1 atom stereocenters. The Morgan fingerprint density at radius 3 is 2.44 bits per heavy atom. The van der Waals surface area contributed by atoms with Crippen molar-refractivity contribution < 1.29 is 13.2 Å². The normalized spacial score (nSPS) is 13.5. The van der Waals surface area contributed by atoms with E-state index in [1.54, 1.807) is 12.1 Å². The summed E-state index contributed by atoms with van der Waals surface area (Å²) in [7, 11) is 1.38. The van der Waals surface area contributed by atoms with Gasteiger partial charge < -0.3 is 10.6 Å². The van der Waals surface area contributed by atoms with Crippen molar-refractivity contribution in [3.05, 3.63) is 28.8 Å². The summed E-state index contributed by atoms with van der Waals surface area (Å²) in [5.41, 5.74) is 6.94. The van der Waals surface area contributed by atoms with Gasteiger partial charge in [-0.05, 0) is 31.0 Å². The van der Waals surface area contributed by atoms with Crippen LogP contribution in [0.25, 0.3) is 0 Å². The van der Waals surface area contributed by atoms with Crippen molar-refractivity contribution in [2.24, 2.45) is 5.73 Å². The molecule has 1 unspecified atom stereocenters. The van der Waals surface area contributed by atoms with Gasteiger partial charge in [0.2, 0.25) is 0 Å². The molecule has 2 N–H and O–H groups in total.